The van der Waals surface area contributed by atoms with E-state index in [0.29, 0.717) is 11.4 Å². The third-order valence-electron chi connectivity index (χ3n) is 4.79. The summed E-state index contributed by atoms with van der Waals surface area (Å²) in [4.78, 5) is 37.9. The molecule has 2 aromatic carbocycles. The Morgan fingerprint density at radius 2 is 1.85 bits per heavy atom. The van der Waals surface area contributed by atoms with Gasteiger partial charge in [-0.1, -0.05) is 30.7 Å². The second-order valence-corrected chi connectivity index (χ2v) is 8.05. The van der Waals surface area contributed by atoms with Gasteiger partial charge < -0.3 is 19.7 Å². The molecule has 1 atom stereocenters. The molecule has 2 rings (SSSR count). The molecule has 0 unspecified atom stereocenters. The fraction of sp³-hybridized carbons (Fsp3) is 0.391. The first-order valence-electron chi connectivity index (χ1n) is 10.5. The van der Waals surface area contributed by atoms with Crippen LogP contribution in [0.2, 0.25) is 5.02 Å². The number of hydrogen-bond donors (Lipinski definition) is 1. The van der Waals surface area contributed by atoms with Gasteiger partial charge in [0.05, 0.1) is 12.0 Å². The summed E-state index contributed by atoms with van der Waals surface area (Å²) in [6.07, 6.45) is 0.406. The number of methoxy groups -OCH3 is 1. The minimum atomic E-state index is -0.703. The van der Waals surface area contributed by atoms with E-state index in [1.165, 1.54) is 30.2 Å². The fourth-order valence-corrected chi connectivity index (χ4v) is 3.34. The molecule has 0 aliphatic carbocycles. The van der Waals surface area contributed by atoms with E-state index in [1.807, 2.05) is 20.8 Å². The third-order valence-corrected chi connectivity index (χ3v) is 5.05. The van der Waals surface area contributed by atoms with Crippen molar-refractivity contribution in [3.05, 3.63) is 63.2 Å². The van der Waals surface area contributed by atoms with E-state index in [0.717, 1.165) is 5.56 Å². The lowest BCUT2D eigenvalue weighted by molar-refractivity contribution is -0.385. The molecular formula is C23H28ClN3O6. The van der Waals surface area contributed by atoms with E-state index in [4.69, 9.17) is 21.1 Å². The van der Waals surface area contributed by atoms with E-state index in [1.54, 1.807) is 24.3 Å². The van der Waals surface area contributed by atoms with Gasteiger partial charge >= 0.3 is 5.69 Å². The molecule has 0 bridgehead atoms. The molecule has 0 fully saturated rings. The van der Waals surface area contributed by atoms with Crippen LogP contribution in [0.4, 0.5) is 5.69 Å². The van der Waals surface area contributed by atoms with Crippen LogP contribution in [-0.4, -0.2) is 47.4 Å². The Morgan fingerprint density at radius 3 is 2.39 bits per heavy atom. The number of amides is 2. The molecule has 0 saturated carbocycles. The van der Waals surface area contributed by atoms with Gasteiger partial charge in [-0.2, -0.15) is 0 Å². The zero-order valence-corrected chi connectivity index (χ0v) is 19.8. The standard InChI is InChI=1S/C23H28ClN3O6/c1-5-19(23(29)25-15(2)3)26(13-16-6-8-17(24)9-7-16)22(28)14-33-18-10-11-20(27(30)31)21(12-18)32-4/h6-12,15,19H,5,13-14H2,1-4H3,(H,25,29)/t19-/m1/s1. The van der Waals surface area contributed by atoms with E-state index in [2.05, 4.69) is 5.32 Å². The topological polar surface area (TPSA) is 111 Å². The number of hydrogen-bond acceptors (Lipinski definition) is 6. The van der Waals surface area contributed by atoms with Crippen molar-refractivity contribution >= 4 is 29.1 Å². The van der Waals surface area contributed by atoms with Crippen LogP contribution < -0.4 is 14.8 Å². The molecule has 0 spiro atoms. The summed E-state index contributed by atoms with van der Waals surface area (Å²) in [5, 5.41) is 14.5. The minimum absolute atomic E-state index is 0.0192. The van der Waals surface area contributed by atoms with Crippen molar-refractivity contribution in [3.8, 4) is 11.5 Å². The zero-order valence-electron chi connectivity index (χ0n) is 19.0. The molecule has 0 saturated heterocycles. The van der Waals surface area contributed by atoms with Crippen molar-refractivity contribution < 1.29 is 24.0 Å². The number of ether oxygens (including phenoxy) is 2. The molecule has 0 aliphatic heterocycles. The van der Waals surface area contributed by atoms with Crippen molar-refractivity contribution in [1.29, 1.82) is 0 Å². The van der Waals surface area contributed by atoms with Gasteiger partial charge in [0, 0.05) is 29.7 Å². The Hall–Kier alpha value is -3.33. The minimum Gasteiger partial charge on any atom is -0.490 e. The van der Waals surface area contributed by atoms with Crippen LogP contribution in [-0.2, 0) is 16.1 Å². The number of nitro benzene ring substituents is 1. The molecule has 0 aliphatic rings. The maximum atomic E-state index is 13.2. The fourth-order valence-electron chi connectivity index (χ4n) is 3.21. The second kappa shape index (κ2) is 12.1. The van der Waals surface area contributed by atoms with Gasteiger partial charge in [0.15, 0.2) is 6.61 Å². The summed E-state index contributed by atoms with van der Waals surface area (Å²) in [5.41, 5.74) is 0.595. The van der Waals surface area contributed by atoms with E-state index >= 15 is 0 Å². The molecular weight excluding hydrogens is 450 g/mol. The Labute approximate surface area is 197 Å². The lowest BCUT2D eigenvalue weighted by Gasteiger charge is -2.31. The first-order valence-corrected chi connectivity index (χ1v) is 10.8. The van der Waals surface area contributed by atoms with Crippen molar-refractivity contribution in [3.63, 3.8) is 0 Å². The highest BCUT2D eigenvalue weighted by Gasteiger charge is 2.29. The SMILES string of the molecule is CC[C@H](C(=O)NC(C)C)N(Cc1ccc(Cl)cc1)C(=O)COc1ccc([N+](=O)[O-])c(OC)c1. The second-order valence-electron chi connectivity index (χ2n) is 7.61. The molecule has 1 N–H and O–H groups in total. The number of halogens is 1. The van der Waals surface area contributed by atoms with Crippen molar-refractivity contribution in [2.45, 2.75) is 45.8 Å². The number of benzene rings is 2. The van der Waals surface area contributed by atoms with Gasteiger partial charge in [0.2, 0.25) is 11.7 Å². The number of nitrogens with one attached hydrogen (secondary N) is 1. The van der Waals surface area contributed by atoms with E-state index in [-0.39, 0.29) is 42.3 Å². The van der Waals surface area contributed by atoms with Crippen LogP contribution in [0.5, 0.6) is 11.5 Å². The predicted molar refractivity (Wildman–Crippen MR) is 125 cm³/mol. The maximum Gasteiger partial charge on any atom is 0.311 e. The third kappa shape index (κ3) is 7.35. The highest BCUT2D eigenvalue weighted by Crippen LogP contribution is 2.30. The monoisotopic (exact) mass is 477 g/mol. The lowest BCUT2D eigenvalue weighted by Crippen LogP contribution is -2.51. The number of carbonyl (C=O) groups is 2. The van der Waals surface area contributed by atoms with Crippen LogP contribution in [0, 0.1) is 10.1 Å². The van der Waals surface area contributed by atoms with Crippen molar-refractivity contribution in [2.75, 3.05) is 13.7 Å². The van der Waals surface area contributed by atoms with E-state index < -0.39 is 16.9 Å². The number of nitro groups is 1. The van der Waals surface area contributed by atoms with Gasteiger partial charge in [0.25, 0.3) is 5.91 Å². The largest absolute Gasteiger partial charge is 0.490 e. The zero-order chi connectivity index (χ0) is 24.5. The highest BCUT2D eigenvalue weighted by atomic mass is 35.5. The molecule has 2 aromatic rings. The van der Waals surface area contributed by atoms with Crippen LogP contribution in [0.3, 0.4) is 0 Å². The van der Waals surface area contributed by atoms with Crippen LogP contribution in [0.25, 0.3) is 0 Å². The summed E-state index contributed by atoms with van der Waals surface area (Å²) < 4.78 is 10.6. The molecule has 2 amide bonds. The van der Waals surface area contributed by atoms with Gasteiger partial charge in [-0.15, -0.1) is 0 Å². The summed E-state index contributed by atoms with van der Waals surface area (Å²) in [7, 11) is 1.31. The van der Waals surface area contributed by atoms with E-state index in [9.17, 15) is 19.7 Å². The summed E-state index contributed by atoms with van der Waals surface area (Å²) in [5.74, 6) is -0.414. The van der Waals surface area contributed by atoms with Crippen molar-refractivity contribution in [1.82, 2.24) is 10.2 Å². The molecule has 0 radical (unpaired) electrons. The van der Waals surface area contributed by atoms with Crippen LogP contribution >= 0.6 is 11.6 Å². The van der Waals surface area contributed by atoms with Gasteiger partial charge in [-0.05, 0) is 44.0 Å². The smallest absolute Gasteiger partial charge is 0.311 e. The quantitative estimate of drug-likeness (QED) is 0.387. The number of rotatable bonds is 11. The average Bonchev–Trinajstić information content (AvgIpc) is 2.77. The van der Waals surface area contributed by atoms with Crippen molar-refractivity contribution in [2.24, 2.45) is 0 Å². The first-order chi connectivity index (χ1) is 15.7. The lowest BCUT2D eigenvalue weighted by atomic mass is 10.1. The highest BCUT2D eigenvalue weighted by molar-refractivity contribution is 6.30. The van der Waals surface area contributed by atoms with Crippen LogP contribution in [0.1, 0.15) is 32.8 Å². The molecule has 0 heterocycles. The molecule has 0 aromatic heterocycles. The Bertz CT molecular complexity index is 981. The van der Waals surface area contributed by atoms with Gasteiger partial charge in [0.1, 0.15) is 11.8 Å². The summed E-state index contributed by atoms with van der Waals surface area (Å²) in [6, 6.07) is 10.2. The molecule has 33 heavy (non-hydrogen) atoms. The van der Waals surface area contributed by atoms with Gasteiger partial charge in [-0.3, -0.25) is 19.7 Å². The van der Waals surface area contributed by atoms with Crippen LogP contribution in [0.15, 0.2) is 42.5 Å². The average molecular weight is 478 g/mol. The summed E-state index contributed by atoms with van der Waals surface area (Å²) in [6.45, 7) is 5.35. The molecule has 178 valence electrons. The Morgan fingerprint density at radius 1 is 1.18 bits per heavy atom. The number of carbonyl (C=O) groups excluding carboxylic acids is 2. The molecule has 10 heteroatoms. The first kappa shape index (κ1) is 25.9. The maximum absolute atomic E-state index is 13.2. The van der Waals surface area contributed by atoms with Gasteiger partial charge in [-0.25, -0.2) is 0 Å². The Balaban J connectivity index is 2.24. The summed E-state index contributed by atoms with van der Waals surface area (Å²) >= 11 is 5.96. The Kier molecular flexibility index (Phi) is 9.47. The predicted octanol–water partition coefficient (Wildman–Crippen LogP) is 3.97. The normalized spacial score (nSPS) is 11.6. The number of nitrogens with zero attached hydrogens (tertiary/aromatic N) is 2. The molecule has 9 nitrogen and oxygen atoms in total.